The molecule has 0 aliphatic carbocycles. The molecule has 0 atom stereocenters. The van der Waals surface area contributed by atoms with Gasteiger partial charge < -0.3 is 5.73 Å². The van der Waals surface area contributed by atoms with Gasteiger partial charge in [0.25, 0.3) is 0 Å². The van der Waals surface area contributed by atoms with Crippen LogP contribution in [0.25, 0.3) is 71.1 Å². The molecule has 0 saturated carbocycles. The highest BCUT2D eigenvalue weighted by Gasteiger charge is 2.10. The van der Waals surface area contributed by atoms with E-state index in [9.17, 15) is 0 Å². The van der Waals surface area contributed by atoms with E-state index in [1.165, 1.54) is 65.0 Å². The molecule has 42 heavy (non-hydrogen) atoms. The van der Waals surface area contributed by atoms with Crippen LogP contribution in [0.4, 0.5) is 5.69 Å². The quantitative estimate of drug-likeness (QED) is 0.135. The van der Waals surface area contributed by atoms with Crippen LogP contribution in [0.2, 0.25) is 0 Å². The summed E-state index contributed by atoms with van der Waals surface area (Å²) < 4.78 is 0. The summed E-state index contributed by atoms with van der Waals surface area (Å²) >= 11 is 0. The van der Waals surface area contributed by atoms with Gasteiger partial charge in [0.15, 0.2) is 0 Å². The average molecular weight is 536 g/mol. The second kappa shape index (κ2) is 9.90. The van der Waals surface area contributed by atoms with Gasteiger partial charge in [-0.15, -0.1) is 0 Å². The molecule has 8 aromatic rings. The van der Waals surface area contributed by atoms with E-state index >= 15 is 0 Å². The molecule has 2 N–H and O–H groups in total. The third-order valence-corrected chi connectivity index (χ3v) is 8.65. The van der Waals surface area contributed by atoms with Crippen molar-refractivity contribution < 1.29 is 0 Å². The van der Waals surface area contributed by atoms with Gasteiger partial charge in [0.1, 0.15) is 0 Å². The lowest BCUT2D eigenvalue weighted by atomic mass is 9.92. The summed E-state index contributed by atoms with van der Waals surface area (Å²) in [7, 11) is 0. The molecule has 0 aliphatic rings. The van der Waals surface area contributed by atoms with E-state index in [0.717, 1.165) is 23.2 Å². The SMILES string of the molecule is Nc1ccccc1-c1ccc2ccc3cccc(C/C=C/c4c5ccccc5cc5c4ccc4ccccc45)c3c2c1. The van der Waals surface area contributed by atoms with Crippen molar-refractivity contribution in [2.24, 2.45) is 0 Å². The maximum atomic E-state index is 6.36. The summed E-state index contributed by atoms with van der Waals surface area (Å²) in [6.07, 6.45) is 5.51. The van der Waals surface area contributed by atoms with Gasteiger partial charge in [0.2, 0.25) is 0 Å². The minimum absolute atomic E-state index is 0.801. The molecule has 0 amide bonds. The highest BCUT2D eigenvalue weighted by atomic mass is 14.6. The zero-order valence-corrected chi connectivity index (χ0v) is 23.2. The average Bonchev–Trinajstić information content (AvgIpc) is 3.04. The van der Waals surface area contributed by atoms with E-state index in [1.54, 1.807) is 0 Å². The Labute approximate surface area is 245 Å². The molecule has 0 spiro atoms. The number of hydrogen-bond acceptors (Lipinski definition) is 1. The fraction of sp³-hybridized carbons (Fsp3) is 0.0244. The summed E-state index contributed by atoms with van der Waals surface area (Å²) in [5.74, 6) is 0. The van der Waals surface area contributed by atoms with Crippen molar-refractivity contribution in [3.8, 4) is 11.1 Å². The first-order valence-electron chi connectivity index (χ1n) is 14.5. The maximum absolute atomic E-state index is 6.36. The van der Waals surface area contributed by atoms with Crippen molar-refractivity contribution >= 4 is 65.6 Å². The number of rotatable bonds is 4. The predicted octanol–water partition coefficient (Wildman–Crippen LogP) is 11.0. The Kier molecular flexibility index (Phi) is 5.75. The van der Waals surface area contributed by atoms with Crippen LogP contribution in [0.3, 0.4) is 0 Å². The van der Waals surface area contributed by atoms with Gasteiger partial charge in [-0.1, -0.05) is 133 Å². The molecule has 0 fully saturated rings. The largest absolute Gasteiger partial charge is 0.398 e. The Hall–Kier alpha value is -5.40. The Bertz CT molecular complexity index is 2340. The Morgan fingerprint density at radius 3 is 2.07 bits per heavy atom. The number of anilines is 1. The lowest BCUT2D eigenvalue weighted by Gasteiger charge is -2.12. The van der Waals surface area contributed by atoms with Crippen LogP contribution in [-0.2, 0) is 6.42 Å². The lowest BCUT2D eigenvalue weighted by Crippen LogP contribution is -1.91. The molecule has 8 aromatic carbocycles. The van der Waals surface area contributed by atoms with Gasteiger partial charge in [0, 0.05) is 11.3 Å². The Morgan fingerprint density at radius 2 is 1.17 bits per heavy atom. The molecule has 8 rings (SSSR count). The van der Waals surface area contributed by atoms with Gasteiger partial charge in [-0.2, -0.15) is 0 Å². The number of hydrogen-bond donors (Lipinski definition) is 1. The number of fused-ring (bicyclic) bond motifs is 7. The number of para-hydroxylation sites is 1. The Balaban J connectivity index is 1.28. The second-order valence-corrected chi connectivity index (χ2v) is 11.1. The molecule has 0 aromatic heterocycles. The molecule has 1 heteroatoms. The van der Waals surface area contributed by atoms with E-state index in [0.29, 0.717) is 0 Å². The van der Waals surface area contributed by atoms with Crippen LogP contribution < -0.4 is 5.73 Å². The van der Waals surface area contributed by atoms with Gasteiger partial charge in [0.05, 0.1) is 0 Å². The van der Waals surface area contributed by atoms with E-state index in [1.807, 2.05) is 12.1 Å². The molecular weight excluding hydrogens is 506 g/mol. The van der Waals surface area contributed by atoms with Crippen molar-refractivity contribution in [2.75, 3.05) is 5.73 Å². The minimum Gasteiger partial charge on any atom is -0.398 e. The fourth-order valence-corrected chi connectivity index (χ4v) is 6.62. The van der Waals surface area contributed by atoms with Crippen molar-refractivity contribution in [3.63, 3.8) is 0 Å². The molecule has 0 radical (unpaired) electrons. The lowest BCUT2D eigenvalue weighted by molar-refractivity contribution is 1.32. The zero-order chi connectivity index (χ0) is 28.0. The number of allylic oxidation sites excluding steroid dienone is 1. The van der Waals surface area contributed by atoms with E-state index < -0.39 is 0 Å². The van der Waals surface area contributed by atoms with Crippen LogP contribution in [0.5, 0.6) is 0 Å². The third kappa shape index (κ3) is 4.02. The molecule has 0 aliphatic heterocycles. The highest BCUT2D eigenvalue weighted by Crippen LogP contribution is 2.36. The van der Waals surface area contributed by atoms with E-state index in [-0.39, 0.29) is 0 Å². The van der Waals surface area contributed by atoms with Crippen LogP contribution in [0.1, 0.15) is 11.1 Å². The molecule has 0 unspecified atom stereocenters. The summed E-state index contributed by atoms with van der Waals surface area (Å²) in [4.78, 5) is 0. The van der Waals surface area contributed by atoms with Crippen LogP contribution in [0.15, 0.2) is 146 Å². The maximum Gasteiger partial charge on any atom is 0.0393 e. The number of nitrogens with two attached hydrogens (primary N) is 1. The number of nitrogen functional groups attached to an aromatic ring is 1. The van der Waals surface area contributed by atoms with Crippen LogP contribution in [-0.4, -0.2) is 0 Å². The van der Waals surface area contributed by atoms with Crippen LogP contribution in [0, 0.1) is 0 Å². The fourth-order valence-electron chi connectivity index (χ4n) is 6.62. The molecule has 0 saturated heterocycles. The zero-order valence-electron chi connectivity index (χ0n) is 23.2. The minimum atomic E-state index is 0.801. The van der Waals surface area contributed by atoms with Crippen molar-refractivity contribution in [2.45, 2.75) is 6.42 Å². The summed E-state index contributed by atoms with van der Waals surface area (Å²) in [5, 5.41) is 12.8. The standard InChI is InChI=1S/C41H29N/c42-40-18-6-5-16-35(40)32-22-20-28-19-21-30-12-7-11-29(41(30)38(28)25-32)13-8-17-36-34-15-4-2-10-31(34)26-39-33-14-3-1-9-27(33)23-24-37(36)39/h1-12,14-26H,13,42H2/b17-8+. The molecule has 0 heterocycles. The smallest absolute Gasteiger partial charge is 0.0393 e. The first-order valence-corrected chi connectivity index (χ1v) is 14.5. The van der Waals surface area contributed by atoms with Gasteiger partial charge >= 0.3 is 0 Å². The van der Waals surface area contributed by atoms with Crippen LogP contribution >= 0.6 is 0 Å². The van der Waals surface area contributed by atoms with Gasteiger partial charge in [-0.25, -0.2) is 0 Å². The molecule has 0 bridgehead atoms. The predicted molar refractivity (Wildman–Crippen MR) is 183 cm³/mol. The summed E-state index contributed by atoms with van der Waals surface area (Å²) in [6.45, 7) is 0. The van der Waals surface area contributed by atoms with Gasteiger partial charge in [-0.05, 0) is 95.2 Å². The monoisotopic (exact) mass is 535 g/mol. The van der Waals surface area contributed by atoms with Crippen molar-refractivity contribution in [1.29, 1.82) is 0 Å². The topological polar surface area (TPSA) is 26.0 Å². The van der Waals surface area contributed by atoms with Crippen molar-refractivity contribution in [1.82, 2.24) is 0 Å². The van der Waals surface area contributed by atoms with E-state index in [2.05, 4.69) is 140 Å². The number of benzene rings is 8. The van der Waals surface area contributed by atoms with Crippen molar-refractivity contribution in [3.05, 3.63) is 157 Å². The van der Waals surface area contributed by atoms with E-state index in [4.69, 9.17) is 5.73 Å². The molecule has 1 nitrogen and oxygen atoms in total. The Morgan fingerprint density at radius 1 is 0.476 bits per heavy atom. The summed E-state index contributed by atoms with van der Waals surface area (Å²) in [5.41, 5.74) is 12.0. The van der Waals surface area contributed by atoms with Gasteiger partial charge in [-0.3, -0.25) is 0 Å². The first kappa shape index (κ1) is 24.4. The molecule has 198 valence electrons. The molecular formula is C41H29N. The third-order valence-electron chi connectivity index (χ3n) is 8.65. The first-order chi connectivity index (χ1) is 20.7. The highest BCUT2D eigenvalue weighted by molar-refractivity contribution is 6.16. The normalized spacial score (nSPS) is 11.9. The summed E-state index contributed by atoms with van der Waals surface area (Å²) in [6, 6.07) is 50.2. The second-order valence-electron chi connectivity index (χ2n) is 11.1.